The van der Waals surface area contributed by atoms with E-state index >= 15 is 0 Å². The zero-order valence-corrected chi connectivity index (χ0v) is 33.6. The maximum absolute atomic E-state index is 13.5. The lowest BCUT2D eigenvalue weighted by Crippen LogP contribution is -2.63. The van der Waals surface area contributed by atoms with Crippen LogP contribution in [0.4, 0.5) is 0 Å². The molecule has 2 fully saturated rings. The Kier molecular flexibility index (Phi) is 13.4. The molecule has 4 rings (SSSR count). The summed E-state index contributed by atoms with van der Waals surface area (Å²) in [7, 11) is 3.25. The third-order valence-electron chi connectivity index (χ3n) is 14.0. The van der Waals surface area contributed by atoms with Crippen molar-refractivity contribution in [1.82, 2.24) is 10.6 Å². The van der Waals surface area contributed by atoms with E-state index in [-0.39, 0.29) is 40.3 Å². The maximum atomic E-state index is 13.5. The summed E-state index contributed by atoms with van der Waals surface area (Å²) in [6, 6.07) is 9.17. The third-order valence-corrected chi connectivity index (χ3v) is 14.0. The number of benzene rings is 1. The maximum Gasteiger partial charge on any atom is 0.310 e. The van der Waals surface area contributed by atoms with E-state index in [1.165, 1.54) is 23.8 Å². The molecule has 2 bridgehead atoms. The zero-order valence-electron chi connectivity index (χ0n) is 33.6. The second kappa shape index (κ2) is 16.8. The Labute approximate surface area is 313 Å². The minimum atomic E-state index is -1.05. The molecule has 0 aromatic heterocycles. The second-order valence-electron chi connectivity index (χ2n) is 17.0. The van der Waals surface area contributed by atoms with Gasteiger partial charge < -0.3 is 20.5 Å². The van der Waals surface area contributed by atoms with Crippen LogP contribution >= 0.6 is 0 Å². The van der Waals surface area contributed by atoms with Crippen molar-refractivity contribution in [3.63, 3.8) is 0 Å². The van der Waals surface area contributed by atoms with Crippen LogP contribution in [0.15, 0.2) is 78.1 Å². The predicted octanol–water partition coefficient (Wildman–Crippen LogP) is 9.04. The van der Waals surface area contributed by atoms with Crippen LogP contribution < -0.4 is 10.6 Å². The van der Waals surface area contributed by atoms with Crippen LogP contribution in [0.1, 0.15) is 112 Å². The van der Waals surface area contributed by atoms with Gasteiger partial charge in [0.1, 0.15) is 11.9 Å². The molecule has 7 heteroatoms. The molecule has 0 spiro atoms. The highest BCUT2D eigenvalue weighted by Gasteiger charge is 2.61. The Morgan fingerprint density at radius 3 is 2.37 bits per heavy atom. The SMILES string of the molecule is C=C1C(CC(C)=O)C2=C(C)CCC(N/C=C\C=C/C(CC(=O)C(OC)C(NC)c3ccccc3)C(=O)O)(CC3C(CC)C(C)CC(C)C13C)C2(C)C. The number of aliphatic carboxylic acids is 1. The normalized spacial score (nSPS) is 32.1. The number of carboxylic acids is 1. The Hall–Kier alpha value is -3.29. The summed E-state index contributed by atoms with van der Waals surface area (Å²) in [6.07, 6.45) is 11.8. The fraction of sp³-hybridized carbons (Fsp3) is 0.622. The average Bonchev–Trinajstić information content (AvgIpc) is 3.09. The van der Waals surface area contributed by atoms with Crippen LogP contribution in [0.25, 0.3) is 0 Å². The van der Waals surface area contributed by atoms with Crippen LogP contribution in [0, 0.1) is 46.3 Å². The van der Waals surface area contributed by atoms with Gasteiger partial charge in [-0.15, -0.1) is 0 Å². The van der Waals surface area contributed by atoms with E-state index in [0.29, 0.717) is 30.1 Å². The molecule has 7 nitrogen and oxygen atoms in total. The number of rotatable bonds is 15. The standard InChI is InChI=1S/C45H66N2O5/c1-12-35-29(3)24-30(4)44(9)32(6)36(25-31(5)48)39-28(2)21-22-45(27-37(35)44,43(39,7)8)47-23-17-16-20-34(42(50)51)26-38(49)41(52-11)40(46-10)33-18-14-13-15-19-33/h13-20,23,29-30,34-37,40-41,46-47H,6,12,21-22,24-27H2,1-5,7-11H3,(H,50,51)/b20-16-,23-17-. The number of hydrogen-bond donors (Lipinski definition) is 3. The first-order chi connectivity index (χ1) is 24.5. The van der Waals surface area contributed by atoms with E-state index in [9.17, 15) is 19.5 Å². The predicted molar refractivity (Wildman–Crippen MR) is 211 cm³/mol. The average molecular weight is 715 g/mol. The highest BCUT2D eigenvalue weighted by Crippen LogP contribution is 2.66. The van der Waals surface area contributed by atoms with E-state index < -0.39 is 24.0 Å². The lowest BCUT2D eigenvalue weighted by Gasteiger charge is -2.64. The van der Waals surface area contributed by atoms with Gasteiger partial charge in [-0.2, -0.15) is 0 Å². The molecule has 0 radical (unpaired) electrons. The number of carbonyl (C=O) groups is 3. The van der Waals surface area contributed by atoms with Crippen molar-refractivity contribution in [2.75, 3.05) is 14.2 Å². The van der Waals surface area contributed by atoms with Gasteiger partial charge in [-0.1, -0.05) is 114 Å². The fourth-order valence-electron chi connectivity index (χ4n) is 10.9. The van der Waals surface area contributed by atoms with Crippen LogP contribution in [-0.4, -0.2) is 48.4 Å². The number of nitrogens with one attached hydrogen (secondary N) is 2. The fourth-order valence-corrected chi connectivity index (χ4v) is 10.9. The number of ketones is 2. The summed E-state index contributed by atoms with van der Waals surface area (Å²) in [5, 5.41) is 17.2. The molecular weight excluding hydrogens is 649 g/mol. The summed E-state index contributed by atoms with van der Waals surface area (Å²) in [4.78, 5) is 38.8. The lowest BCUT2D eigenvalue weighted by molar-refractivity contribution is -0.143. The van der Waals surface area contributed by atoms with Crippen LogP contribution in [-0.2, 0) is 19.1 Å². The first kappa shape index (κ1) is 41.5. The Balaban J connectivity index is 1.66. The molecule has 0 saturated heterocycles. The molecule has 3 aliphatic rings. The quantitative estimate of drug-likeness (QED) is 0.123. The van der Waals surface area contributed by atoms with E-state index in [0.717, 1.165) is 37.7 Å². The van der Waals surface area contributed by atoms with Crippen molar-refractivity contribution in [2.45, 2.75) is 118 Å². The number of ether oxygens (including phenoxy) is 1. The number of Topliss-reactive ketones (excluding diaryl/α,β-unsaturated/α-hetero) is 2. The molecule has 1 aromatic rings. The Morgan fingerprint density at radius 2 is 1.79 bits per heavy atom. The van der Waals surface area contributed by atoms with E-state index in [4.69, 9.17) is 11.3 Å². The van der Waals surface area contributed by atoms with Gasteiger partial charge in [-0.25, -0.2) is 0 Å². The van der Waals surface area contributed by atoms with Gasteiger partial charge in [0.2, 0.25) is 0 Å². The number of carboxylic acid groups (broad SMARTS) is 1. The number of carbonyl (C=O) groups excluding carboxylic acids is 2. The molecule has 0 aliphatic heterocycles. The van der Waals surface area contributed by atoms with Crippen molar-refractivity contribution in [2.24, 2.45) is 46.3 Å². The summed E-state index contributed by atoms with van der Waals surface area (Å²) in [5.74, 6) is -0.164. The number of likely N-dealkylation sites (N-methyl/N-ethyl adjacent to an activating group) is 1. The van der Waals surface area contributed by atoms with Crippen LogP contribution in [0.3, 0.4) is 0 Å². The minimum Gasteiger partial charge on any atom is -0.481 e. The number of hydrogen-bond acceptors (Lipinski definition) is 6. The third kappa shape index (κ3) is 7.82. The number of methoxy groups -OCH3 is 1. The Morgan fingerprint density at radius 1 is 1.12 bits per heavy atom. The van der Waals surface area contributed by atoms with Crippen molar-refractivity contribution in [1.29, 1.82) is 0 Å². The van der Waals surface area contributed by atoms with E-state index in [1.54, 1.807) is 26.1 Å². The molecule has 10 unspecified atom stereocenters. The molecule has 0 heterocycles. The van der Waals surface area contributed by atoms with Crippen molar-refractivity contribution >= 4 is 17.5 Å². The topological polar surface area (TPSA) is 105 Å². The summed E-state index contributed by atoms with van der Waals surface area (Å²) in [5.41, 5.74) is 4.21. The van der Waals surface area contributed by atoms with Gasteiger partial charge >= 0.3 is 5.97 Å². The summed E-state index contributed by atoms with van der Waals surface area (Å²) < 4.78 is 5.62. The second-order valence-corrected chi connectivity index (χ2v) is 17.0. The zero-order chi connectivity index (χ0) is 38.6. The molecular formula is C45H66N2O5. The first-order valence-electron chi connectivity index (χ1n) is 19.5. The molecule has 286 valence electrons. The first-order valence-corrected chi connectivity index (χ1v) is 19.5. The Bertz CT molecular complexity index is 1560. The molecule has 52 heavy (non-hydrogen) atoms. The summed E-state index contributed by atoms with van der Waals surface area (Å²) in [6.45, 7) is 23.2. The lowest BCUT2D eigenvalue weighted by atomic mass is 9.42. The molecule has 2 saturated carbocycles. The van der Waals surface area contributed by atoms with Gasteiger partial charge in [0.25, 0.3) is 0 Å². The molecule has 1 aromatic carbocycles. The largest absolute Gasteiger partial charge is 0.481 e. The van der Waals surface area contributed by atoms with Gasteiger partial charge in [0.05, 0.1) is 12.0 Å². The molecule has 10 atom stereocenters. The summed E-state index contributed by atoms with van der Waals surface area (Å²) >= 11 is 0. The molecule has 3 aliphatic carbocycles. The van der Waals surface area contributed by atoms with Crippen LogP contribution in [0.2, 0.25) is 0 Å². The van der Waals surface area contributed by atoms with Crippen molar-refractivity contribution in [3.8, 4) is 0 Å². The highest BCUT2D eigenvalue weighted by atomic mass is 16.5. The van der Waals surface area contributed by atoms with E-state index in [1.807, 2.05) is 42.6 Å². The van der Waals surface area contributed by atoms with Gasteiger partial charge in [-0.05, 0) is 93.5 Å². The highest BCUT2D eigenvalue weighted by molar-refractivity contribution is 5.88. The van der Waals surface area contributed by atoms with Crippen LogP contribution in [0.5, 0.6) is 0 Å². The monoisotopic (exact) mass is 714 g/mol. The molecule has 3 N–H and O–H groups in total. The minimum absolute atomic E-state index is 0.00630. The van der Waals surface area contributed by atoms with Gasteiger partial charge in [-0.3, -0.25) is 14.4 Å². The van der Waals surface area contributed by atoms with Crippen molar-refractivity contribution < 1.29 is 24.2 Å². The van der Waals surface area contributed by atoms with Gasteiger partial charge in [0, 0.05) is 36.8 Å². The van der Waals surface area contributed by atoms with E-state index in [2.05, 4.69) is 59.1 Å². The van der Waals surface area contributed by atoms with Gasteiger partial charge in [0.15, 0.2) is 5.78 Å². The molecule has 0 amide bonds. The number of fused-ring (bicyclic) bond motifs is 3. The number of allylic oxidation sites excluding steroid dienone is 4. The van der Waals surface area contributed by atoms with Crippen molar-refractivity contribution in [3.05, 3.63) is 83.6 Å². The smallest absolute Gasteiger partial charge is 0.310 e.